The van der Waals surface area contributed by atoms with Crippen LogP contribution < -0.4 is 5.32 Å². The summed E-state index contributed by atoms with van der Waals surface area (Å²) in [4.78, 5) is 15.3. The Morgan fingerprint density at radius 3 is 3.00 bits per heavy atom. The van der Waals surface area contributed by atoms with E-state index in [4.69, 9.17) is 16.3 Å². The first-order valence-corrected chi connectivity index (χ1v) is 7.29. The van der Waals surface area contributed by atoms with Crippen molar-refractivity contribution in [3.05, 3.63) is 35.0 Å². The lowest BCUT2D eigenvalue weighted by atomic mass is 10.1. The van der Waals surface area contributed by atoms with E-state index in [1.54, 1.807) is 0 Å². The molecule has 2 aromatic rings. The summed E-state index contributed by atoms with van der Waals surface area (Å²) < 4.78 is 5.60. The zero-order chi connectivity index (χ0) is 13.9. The highest BCUT2D eigenvalue weighted by Gasteiger charge is 2.19. The number of nitrogens with one attached hydrogen (secondary N) is 2. The third kappa shape index (κ3) is 2.67. The van der Waals surface area contributed by atoms with Crippen LogP contribution in [0.4, 0.5) is 0 Å². The van der Waals surface area contributed by atoms with Crippen molar-refractivity contribution in [2.45, 2.75) is 25.4 Å². The van der Waals surface area contributed by atoms with E-state index in [1.807, 2.05) is 24.3 Å². The minimum atomic E-state index is -0.180. The number of benzene rings is 1. The number of halogens is 1. The van der Waals surface area contributed by atoms with Crippen LogP contribution in [0.3, 0.4) is 0 Å². The molecule has 20 heavy (non-hydrogen) atoms. The van der Waals surface area contributed by atoms with Gasteiger partial charge in [0.2, 0.25) is 0 Å². The van der Waals surface area contributed by atoms with Crippen molar-refractivity contribution in [2.75, 3.05) is 13.2 Å². The molecular weight excluding hydrogens is 276 g/mol. The Hall–Kier alpha value is -1.52. The number of hydrogen-bond acceptors (Lipinski definition) is 2. The van der Waals surface area contributed by atoms with Gasteiger partial charge in [-0.15, -0.1) is 0 Å². The van der Waals surface area contributed by atoms with Crippen LogP contribution in [0.25, 0.3) is 10.9 Å². The zero-order valence-electron chi connectivity index (χ0n) is 11.1. The highest BCUT2D eigenvalue weighted by atomic mass is 35.5. The van der Waals surface area contributed by atoms with Crippen LogP contribution in [0, 0.1) is 0 Å². The maximum atomic E-state index is 12.2. The number of ether oxygens (including phenoxy) is 1. The van der Waals surface area contributed by atoms with Gasteiger partial charge in [-0.3, -0.25) is 4.79 Å². The third-order valence-corrected chi connectivity index (χ3v) is 4.03. The second kappa shape index (κ2) is 5.85. The third-order valence-electron chi connectivity index (χ3n) is 3.63. The number of carbonyl (C=O) groups is 1. The minimum absolute atomic E-state index is 0.121. The maximum absolute atomic E-state index is 12.2. The van der Waals surface area contributed by atoms with E-state index in [1.165, 1.54) is 0 Å². The Labute approximate surface area is 122 Å². The van der Waals surface area contributed by atoms with Crippen molar-refractivity contribution in [1.82, 2.24) is 10.3 Å². The molecule has 1 fully saturated rings. The highest BCUT2D eigenvalue weighted by molar-refractivity contribution is 6.38. The van der Waals surface area contributed by atoms with Gasteiger partial charge in [0.05, 0.1) is 11.1 Å². The summed E-state index contributed by atoms with van der Waals surface area (Å²) in [5, 5.41) is 4.23. The van der Waals surface area contributed by atoms with Gasteiger partial charge in [0.25, 0.3) is 5.91 Å². The van der Waals surface area contributed by atoms with Gasteiger partial charge < -0.3 is 15.0 Å². The molecule has 1 aromatic carbocycles. The molecular formula is C15H17ClN2O2. The summed E-state index contributed by atoms with van der Waals surface area (Å²) in [5.41, 5.74) is 1.29. The summed E-state index contributed by atoms with van der Waals surface area (Å²) in [6.45, 7) is 1.32. The molecule has 2 N–H and O–H groups in total. The van der Waals surface area contributed by atoms with Crippen molar-refractivity contribution >= 4 is 28.4 Å². The van der Waals surface area contributed by atoms with Crippen molar-refractivity contribution in [1.29, 1.82) is 0 Å². The van der Waals surface area contributed by atoms with Crippen molar-refractivity contribution in [3.8, 4) is 0 Å². The van der Waals surface area contributed by atoms with E-state index in [0.29, 0.717) is 17.3 Å². The lowest BCUT2D eigenvalue weighted by Crippen LogP contribution is -2.35. The Balaban J connectivity index is 1.70. The molecule has 1 unspecified atom stereocenters. The predicted molar refractivity (Wildman–Crippen MR) is 79.2 cm³/mol. The number of fused-ring (bicyclic) bond motifs is 1. The monoisotopic (exact) mass is 292 g/mol. The lowest BCUT2D eigenvalue weighted by Gasteiger charge is -2.22. The first-order valence-electron chi connectivity index (χ1n) is 6.91. The standard InChI is InChI=1S/C15H17ClN2O2/c16-13-11-6-1-2-7-12(11)18-14(13)15(19)17-9-10-5-3-4-8-20-10/h1-2,6-7,10,18H,3-5,8-9H2,(H,17,19). The second-order valence-corrected chi connectivity index (χ2v) is 5.44. The molecule has 1 amide bonds. The molecule has 0 bridgehead atoms. The molecule has 2 heterocycles. The number of carbonyl (C=O) groups excluding carboxylic acids is 1. The number of amides is 1. The minimum Gasteiger partial charge on any atom is -0.376 e. The average molecular weight is 293 g/mol. The molecule has 1 atom stereocenters. The number of aromatic nitrogens is 1. The van der Waals surface area contributed by atoms with Gasteiger partial charge in [-0.05, 0) is 25.3 Å². The van der Waals surface area contributed by atoms with Gasteiger partial charge in [0, 0.05) is 24.1 Å². The van der Waals surface area contributed by atoms with Crippen LogP contribution in [0.2, 0.25) is 5.02 Å². The van der Waals surface area contributed by atoms with E-state index >= 15 is 0 Å². The van der Waals surface area contributed by atoms with Gasteiger partial charge in [0.15, 0.2) is 0 Å². The molecule has 0 spiro atoms. The van der Waals surface area contributed by atoms with E-state index in [9.17, 15) is 4.79 Å². The summed E-state index contributed by atoms with van der Waals surface area (Å²) in [6.07, 6.45) is 3.39. The average Bonchev–Trinajstić information content (AvgIpc) is 2.84. The van der Waals surface area contributed by atoms with Crippen LogP contribution >= 0.6 is 11.6 Å². The van der Waals surface area contributed by atoms with Crippen LogP contribution in [0.15, 0.2) is 24.3 Å². The second-order valence-electron chi connectivity index (χ2n) is 5.06. The van der Waals surface area contributed by atoms with Gasteiger partial charge >= 0.3 is 0 Å². The smallest absolute Gasteiger partial charge is 0.269 e. The summed E-state index contributed by atoms with van der Waals surface area (Å²) in [7, 11) is 0. The quantitative estimate of drug-likeness (QED) is 0.913. The lowest BCUT2D eigenvalue weighted by molar-refractivity contribution is 0.0168. The largest absolute Gasteiger partial charge is 0.376 e. The summed E-state index contributed by atoms with van der Waals surface area (Å²) in [6, 6.07) is 7.61. The predicted octanol–water partition coefficient (Wildman–Crippen LogP) is 3.12. The van der Waals surface area contributed by atoms with Crippen LogP contribution in [0.1, 0.15) is 29.8 Å². The number of aromatic amines is 1. The fourth-order valence-electron chi connectivity index (χ4n) is 2.53. The van der Waals surface area contributed by atoms with Crippen LogP contribution in [-0.2, 0) is 4.74 Å². The summed E-state index contributed by atoms with van der Waals surface area (Å²) >= 11 is 6.25. The van der Waals surface area contributed by atoms with E-state index in [2.05, 4.69) is 10.3 Å². The Morgan fingerprint density at radius 2 is 2.25 bits per heavy atom. The molecule has 106 valence electrons. The Bertz CT molecular complexity index is 617. The summed E-state index contributed by atoms with van der Waals surface area (Å²) in [5.74, 6) is -0.180. The van der Waals surface area contributed by atoms with Crippen molar-refractivity contribution in [3.63, 3.8) is 0 Å². The number of H-pyrrole nitrogens is 1. The molecule has 1 aromatic heterocycles. The number of para-hydroxylation sites is 1. The van der Waals surface area contributed by atoms with Crippen molar-refractivity contribution < 1.29 is 9.53 Å². The van der Waals surface area contributed by atoms with Gasteiger partial charge in [-0.25, -0.2) is 0 Å². The molecule has 5 heteroatoms. The molecule has 1 aliphatic heterocycles. The van der Waals surface area contributed by atoms with Crippen LogP contribution in [0.5, 0.6) is 0 Å². The van der Waals surface area contributed by atoms with Gasteiger partial charge in [-0.1, -0.05) is 29.8 Å². The number of rotatable bonds is 3. The highest BCUT2D eigenvalue weighted by Crippen LogP contribution is 2.27. The number of hydrogen-bond donors (Lipinski definition) is 2. The zero-order valence-corrected chi connectivity index (χ0v) is 11.9. The fraction of sp³-hybridized carbons (Fsp3) is 0.400. The molecule has 4 nitrogen and oxygen atoms in total. The van der Waals surface area contributed by atoms with Gasteiger partial charge in [0.1, 0.15) is 5.69 Å². The normalized spacial score (nSPS) is 19.1. The van der Waals surface area contributed by atoms with E-state index < -0.39 is 0 Å². The van der Waals surface area contributed by atoms with Gasteiger partial charge in [-0.2, -0.15) is 0 Å². The molecule has 1 aliphatic rings. The first kappa shape index (κ1) is 13.5. The molecule has 0 radical (unpaired) electrons. The molecule has 0 aliphatic carbocycles. The SMILES string of the molecule is O=C(NCC1CCCCO1)c1[nH]c2ccccc2c1Cl. The Kier molecular flexibility index (Phi) is 3.94. The maximum Gasteiger partial charge on any atom is 0.269 e. The van der Waals surface area contributed by atoms with Crippen molar-refractivity contribution in [2.24, 2.45) is 0 Å². The van der Waals surface area contributed by atoms with E-state index in [0.717, 1.165) is 36.8 Å². The Morgan fingerprint density at radius 1 is 1.40 bits per heavy atom. The first-order chi connectivity index (χ1) is 9.75. The molecule has 0 saturated carbocycles. The molecule has 3 rings (SSSR count). The fourth-order valence-corrected chi connectivity index (χ4v) is 2.83. The van der Waals surface area contributed by atoms with E-state index in [-0.39, 0.29) is 12.0 Å². The topological polar surface area (TPSA) is 54.1 Å². The molecule has 1 saturated heterocycles. The van der Waals surface area contributed by atoms with Crippen LogP contribution in [-0.4, -0.2) is 30.1 Å².